The van der Waals surface area contributed by atoms with E-state index < -0.39 is 11.4 Å². The Hall–Kier alpha value is -1.96. The van der Waals surface area contributed by atoms with Crippen LogP contribution in [-0.4, -0.2) is 29.4 Å². The minimum atomic E-state index is -1.19. The lowest BCUT2D eigenvalue weighted by molar-refractivity contribution is -0.307. The van der Waals surface area contributed by atoms with Crippen LogP contribution in [0.2, 0.25) is 0 Å². The number of amides is 1. The van der Waals surface area contributed by atoms with Gasteiger partial charge in [0.25, 0.3) is 0 Å². The number of nitrogens with one attached hydrogen (secondary N) is 1. The third-order valence-corrected chi connectivity index (χ3v) is 3.50. The normalized spacial score (nSPS) is 11.0. The first-order chi connectivity index (χ1) is 10.2. The van der Waals surface area contributed by atoms with Crippen LogP contribution >= 0.6 is 11.3 Å². The molecule has 0 bridgehead atoms. The molecule has 1 aromatic heterocycles. The Bertz CT molecular complexity index is 553. The topological polar surface area (TPSA) is 108 Å². The molecule has 0 aliphatic carbocycles. The maximum absolute atomic E-state index is 11.9. The van der Waals surface area contributed by atoms with Crippen LogP contribution in [-0.2, 0) is 25.5 Å². The van der Waals surface area contributed by atoms with Gasteiger partial charge in [0.15, 0.2) is 5.13 Å². The SMILES string of the molecule is CCOC(=O)Cc1csc(NC(=O)CC(C)(C)CC(=O)[O-])n1. The third-order valence-electron chi connectivity index (χ3n) is 2.69. The maximum Gasteiger partial charge on any atom is 0.311 e. The molecule has 0 unspecified atom stereocenters. The number of esters is 1. The largest absolute Gasteiger partial charge is 0.550 e. The van der Waals surface area contributed by atoms with E-state index in [-0.39, 0.29) is 31.1 Å². The van der Waals surface area contributed by atoms with E-state index in [9.17, 15) is 19.5 Å². The molecule has 0 aromatic carbocycles. The Morgan fingerprint density at radius 2 is 2.05 bits per heavy atom. The summed E-state index contributed by atoms with van der Waals surface area (Å²) in [4.78, 5) is 38.0. The highest BCUT2D eigenvalue weighted by Gasteiger charge is 2.23. The van der Waals surface area contributed by atoms with Gasteiger partial charge in [0.1, 0.15) is 0 Å². The van der Waals surface area contributed by atoms with Gasteiger partial charge in [-0.05, 0) is 18.8 Å². The van der Waals surface area contributed by atoms with Crippen molar-refractivity contribution in [3.8, 4) is 0 Å². The van der Waals surface area contributed by atoms with Crippen LogP contribution in [0.5, 0.6) is 0 Å². The minimum absolute atomic E-state index is 0.0355. The predicted molar refractivity (Wildman–Crippen MR) is 79.1 cm³/mol. The van der Waals surface area contributed by atoms with E-state index in [0.29, 0.717) is 17.4 Å². The van der Waals surface area contributed by atoms with E-state index in [1.54, 1.807) is 26.2 Å². The highest BCUT2D eigenvalue weighted by molar-refractivity contribution is 7.13. The highest BCUT2D eigenvalue weighted by atomic mass is 32.1. The van der Waals surface area contributed by atoms with E-state index in [4.69, 9.17) is 4.74 Å². The smallest absolute Gasteiger partial charge is 0.311 e. The summed E-state index contributed by atoms with van der Waals surface area (Å²) in [7, 11) is 0. The van der Waals surface area contributed by atoms with E-state index in [1.807, 2.05) is 0 Å². The molecule has 1 rings (SSSR count). The van der Waals surface area contributed by atoms with Crippen molar-refractivity contribution in [1.29, 1.82) is 0 Å². The number of hydrogen-bond acceptors (Lipinski definition) is 7. The van der Waals surface area contributed by atoms with E-state index in [0.717, 1.165) is 0 Å². The van der Waals surface area contributed by atoms with Crippen LogP contribution in [0, 0.1) is 5.41 Å². The van der Waals surface area contributed by atoms with E-state index in [2.05, 4.69) is 10.3 Å². The average molecular weight is 327 g/mol. The second kappa shape index (κ2) is 7.88. The van der Waals surface area contributed by atoms with Gasteiger partial charge < -0.3 is 20.0 Å². The van der Waals surface area contributed by atoms with Crippen LogP contribution < -0.4 is 10.4 Å². The summed E-state index contributed by atoms with van der Waals surface area (Å²) < 4.78 is 4.82. The van der Waals surface area contributed by atoms with Gasteiger partial charge in [0, 0.05) is 17.8 Å². The number of hydrogen-bond donors (Lipinski definition) is 1. The number of carboxylic acid groups (broad SMARTS) is 1. The van der Waals surface area contributed by atoms with Gasteiger partial charge in [-0.15, -0.1) is 11.3 Å². The van der Waals surface area contributed by atoms with Crippen LogP contribution in [0.4, 0.5) is 5.13 Å². The number of ether oxygens (including phenoxy) is 1. The van der Waals surface area contributed by atoms with Crippen molar-refractivity contribution in [3.63, 3.8) is 0 Å². The van der Waals surface area contributed by atoms with Crippen molar-refractivity contribution in [2.24, 2.45) is 5.41 Å². The Morgan fingerprint density at radius 3 is 2.64 bits per heavy atom. The molecule has 0 aliphatic rings. The minimum Gasteiger partial charge on any atom is -0.550 e. The number of aromatic nitrogens is 1. The number of aliphatic carboxylic acids is 1. The maximum atomic E-state index is 11.9. The fraction of sp³-hybridized carbons (Fsp3) is 0.571. The summed E-state index contributed by atoms with van der Waals surface area (Å²) >= 11 is 1.20. The van der Waals surface area contributed by atoms with E-state index >= 15 is 0 Å². The number of nitrogens with zero attached hydrogens (tertiary/aromatic N) is 1. The van der Waals surface area contributed by atoms with Crippen LogP contribution in [0.25, 0.3) is 0 Å². The molecule has 1 aromatic rings. The van der Waals surface area contributed by atoms with Gasteiger partial charge in [-0.3, -0.25) is 9.59 Å². The zero-order valence-electron chi connectivity index (χ0n) is 12.8. The molecular weight excluding hydrogens is 308 g/mol. The van der Waals surface area contributed by atoms with Crippen LogP contribution in [0.1, 0.15) is 39.3 Å². The Balaban J connectivity index is 2.53. The van der Waals surface area contributed by atoms with Crippen molar-refractivity contribution in [2.45, 2.75) is 40.0 Å². The molecule has 0 saturated heterocycles. The summed E-state index contributed by atoms with van der Waals surface area (Å²) in [5.41, 5.74) is -0.179. The van der Waals surface area contributed by atoms with Gasteiger partial charge in [-0.1, -0.05) is 13.8 Å². The zero-order valence-corrected chi connectivity index (χ0v) is 13.6. The second-order valence-electron chi connectivity index (χ2n) is 5.56. The summed E-state index contributed by atoms with van der Waals surface area (Å²) in [6, 6.07) is 0. The zero-order chi connectivity index (χ0) is 16.8. The summed E-state index contributed by atoms with van der Waals surface area (Å²) in [5, 5.41) is 15.3. The molecule has 0 atom stereocenters. The quantitative estimate of drug-likeness (QED) is 0.706. The first-order valence-corrected chi connectivity index (χ1v) is 7.69. The first kappa shape index (κ1) is 18.1. The lowest BCUT2D eigenvalue weighted by Gasteiger charge is -2.23. The van der Waals surface area contributed by atoms with Gasteiger partial charge >= 0.3 is 5.97 Å². The molecular formula is C14H19N2O5S-. The summed E-state index contributed by atoms with van der Waals surface area (Å²) in [6.45, 7) is 5.38. The molecule has 8 heteroatoms. The molecule has 0 saturated carbocycles. The number of thiazole rings is 1. The molecule has 1 heterocycles. The van der Waals surface area contributed by atoms with Crippen molar-refractivity contribution in [1.82, 2.24) is 4.98 Å². The monoisotopic (exact) mass is 327 g/mol. The lowest BCUT2D eigenvalue weighted by Crippen LogP contribution is -2.31. The standard InChI is InChI=1S/C14H20N2O5S/c1-4-21-12(20)5-9-8-22-13(15-9)16-10(17)6-14(2,3)7-11(18)19/h8H,4-7H2,1-3H3,(H,18,19)(H,15,16,17)/p-1. The molecule has 7 nitrogen and oxygen atoms in total. The Morgan fingerprint density at radius 1 is 1.36 bits per heavy atom. The van der Waals surface area contributed by atoms with Crippen molar-refractivity contribution in [2.75, 3.05) is 11.9 Å². The fourth-order valence-corrected chi connectivity index (χ4v) is 2.58. The number of carbonyl (C=O) groups is 3. The van der Waals surface area contributed by atoms with E-state index in [1.165, 1.54) is 11.3 Å². The van der Waals surface area contributed by atoms with Crippen LogP contribution in [0.15, 0.2) is 5.38 Å². The molecule has 0 spiro atoms. The van der Waals surface area contributed by atoms with Crippen molar-refractivity contribution in [3.05, 3.63) is 11.1 Å². The number of anilines is 1. The molecule has 0 radical (unpaired) electrons. The summed E-state index contributed by atoms with van der Waals surface area (Å²) in [5.74, 6) is -1.90. The highest BCUT2D eigenvalue weighted by Crippen LogP contribution is 2.25. The number of rotatable bonds is 8. The molecule has 122 valence electrons. The summed E-state index contributed by atoms with van der Waals surface area (Å²) in [6.07, 6.45) is -0.115. The molecule has 1 amide bonds. The Kier molecular flexibility index (Phi) is 6.48. The average Bonchev–Trinajstić information content (AvgIpc) is 2.73. The Labute approximate surface area is 132 Å². The van der Waals surface area contributed by atoms with Crippen LogP contribution in [0.3, 0.4) is 0 Å². The van der Waals surface area contributed by atoms with Crippen molar-refractivity contribution < 1.29 is 24.2 Å². The van der Waals surface area contributed by atoms with Gasteiger partial charge in [-0.2, -0.15) is 0 Å². The molecule has 0 fully saturated rings. The molecule has 22 heavy (non-hydrogen) atoms. The predicted octanol–water partition coefficient (Wildman–Crippen LogP) is 0.743. The number of carboxylic acids is 1. The number of carbonyl (C=O) groups excluding carboxylic acids is 3. The fourth-order valence-electron chi connectivity index (χ4n) is 1.86. The van der Waals surface area contributed by atoms with Gasteiger partial charge in [-0.25, -0.2) is 4.98 Å². The first-order valence-electron chi connectivity index (χ1n) is 6.81. The third kappa shape index (κ3) is 6.66. The molecule has 0 aliphatic heterocycles. The lowest BCUT2D eigenvalue weighted by atomic mass is 9.85. The van der Waals surface area contributed by atoms with Gasteiger partial charge in [0.2, 0.25) is 5.91 Å². The second-order valence-corrected chi connectivity index (χ2v) is 6.42. The van der Waals surface area contributed by atoms with Crippen molar-refractivity contribution >= 4 is 34.3 Å². The van der Waals surface area contributed by atoms with Gasteiger partial charge in [0.05, 0.1) is 18.7 Å². The molecule has 1 N–H and O–H groups in total.